The van der Waals surface area contributed by atoms with Crippen LogP contribution in [-0.2, 0) is 6.54 Å². The highest BCUT2D eigenvalue weighted by atomic mass is 79.9. The summed E-state index contributed by atoms with van der Waals surface area (Å²) in [5.74, 6) is 4.68. The molecule has 1 aliphatic rings. The van der Waals surface area contributed by atoms with Crippen LogP contribution in [0.25, 0.3) is 0 Å². The van der Waals surface area contributed by atoms with Crippen LogP contribution < -0.4 is 10.1 Å². The quantitative estimate of drug-likeness (QED) is 0.785. The lowest BCUT2D eigenvalue weighted by atomic mass is 10.1. The summed E-state index contributed by atoms with van der Waals surface area (Å²) in [5, 5.41) is 4.30. The van der Waals surface area contributed by atoms with E-state index in [2.05, 4.69) is 45.0 Å². The lowest BCUT2D eigenvalue weighted by Gasteiger charge is -2.21. The molecule has 1 aromatic carbocycles. The molecule has 108 valence electrons. The van der Waals surface area contributed by atoms with Crippen molar-refractivity contribution in [1.82, 2.24) is 5.32 Å². The molecule has 0 radical (unpaired) electrons. The van der Waals surface area contributed by atoms with Crippen LogP contribution in [0.5, 0.6) is 5.75 Å². The SMILES string of the molecule is C#CCOc1ccc(Br)cc1CNCC1CCCCS1. The van der Waals surface area contributed by atoms with Crippen molar-refractivity contribution in [2.24, 2.45) is 0 Å². The predicted octanol–water partition coefficient (Wildman–Crippen LogP) is 3.84. The molecule has 1 saturated heterocycles. The molecule has 0 aromatic heterocycles. The third-order valence-corrected chi connectivity index (χ3v) is 5.19. The summed E-state index contributed by atoms with van der Waals surface area (Å²) in [4.78, 5) is 0. The van der Waals surface area contributed by atoms with Gasteiger partial charge in [-0.25, -0.2) is 0 Å². The molecule has 1 aromatic rings. The lowest BCUT2D eigenvalue weighted by Crippen LogP contribution is -2.26. The molecule has 0 aliphatic carbocycles. The molecule has 1 unspecified atom stereocenters. The summed E-state index contributed by atoms with van der Waals surface area (Å²) in [6.07, 6.45) is 9.32. The minimum absolute atomic E-state index is 0.313. The number of hydrogen-bond acceptors (Lipinski definition) is 3. The van der Waals surface area contributed by atoms with E-state index in [1.807, 2.05) is 12.1 Å². The zero-order valence-electron chi connectivity index (χ0n) is 11.5. The minimum Gasteiger partial charge on any atom is -0.481 e. The normalized spacial score (nSPS) is 18.5. The van der Waals surface area contributed by atoms with E-state index in [9.17, 15) is 0 Å². The Hall–Kier alpha value is -0.630. The molecule has 0 amide bonds. The van der Waals surface area contributed by atoms with E-state index >= 15 is 0 Å². The Kier molecular flexibility index (Phi) is 6.78. The number of nitrogens with one attached hydrogen (secondary N) is 1. The third-order valence-electron chi connectivity index (χ3n) is 3.29. The van der Waals surface area contributed by atoms with Crippen LogP contribution in [0.15, 0.2) is 22.7 Å². The van der Waals surface area contributed by atoms with Gasteiger partial charge in [-0.1, -0.05) is 28.3 Å². The maximum atomic E-state index is 5.58. The van der Waals surface area contributed by atoms with Gasteiger partial charge in [-0.2, -0.15) is 11.8 Å². The number of thioether (sulfide) groups is 1. The van der Waals surface area contributed by atoms with E-state index in [1.165, 1.54) is 25.0 Å². The lowest BCUT2D eigenvalue weighted by molar-refractivity contribution is 0.364. The van der Waals surface area contributed by atoms with Gasteiger partial charge in [0.05, 0.1) is 0 Å². The molecular formula is C16H20BrNOS. The van der Waals surface area contributed by atoms with Gasteiger partial charge >= 0.3 is 0 Å². The number of terminal acetylenes is 1. The average molecular weight is 354 g/mol. The number of hydrogen-bond donors (Lipinski definition) is 1. The summed E-state index contributed by atoms with van der Waals surface area (Å²) in [6.45, 7) is 2.19. The summed E-state index contributed by atoms with van der Waals surface area (Å²) in [7, 11) is 0. The molecule has 1 fully saturated rings. The first kappa shape index (κ1) is 15.8. The molecule has 1 N–H and O–H groups in total. The summed E-state index contributed by atoms with van der Waals surface area (Å²) in [6, 6.07) is 6.03. The number of rotatable bonds is 6. The number of ether oxygens (including phenoxy) is 1. The highest BCUT2D eigenvalue weighted by Gasteiger charge is 2.13. The second-order valence-electron chi connectivity index (χ2n) is 4.86. The van der Waals surface area contributed by atoms with Crippen LogP contribution in [-0.4, -0.2) is 24.2 Å². The van der Waals surface area contributed by atoms with E-state index in [0.717, 1.165) is 34.1 Å². The fourth-order valence-corrected chi connectivity index (χ4v) is 3.96. The molecule has 2 nitrogen and oxygen atoms in total. The Labute approximate surface area is 134 Å². The highest BCUT2D eigenvalue weighted by molar-refractivity contribution is 9.10. The van der Waals surface area contributed by atoms with Crippen molar-refractivity contribution >= 4 is 27.7 Å². The third kappa shape index (κ3) is 5.05. The maximum Gasteiger partial charge on any atom is 0.148 e. The van der Waals surface area contributed by atoms with Crippen LogP contribution in [0.4, 0.5) is 0 Å². The zero-order chi connectivity index (χ0) is 14.2. The molecule has 1 aliphatic heterocycles. The molecule has 1 heterocycles. The molecule has 0 spiro atoms. The predicted molar refractivity (Wildman–Crippen MR) is 90.3 cm³/mol. The molecule has 0 saturated carbocycles. The van der Waals surface area contributed by atoms with Crippen molar-refractivity contribution in [3.05, 3.63) is 28.2 Å². The second kappa shape index (κ2) is 8.61. The van der Waals surface area contributed by atoms with E-state index < -0.39 is 0 Å². The first-order valence-corrected chi connectivity index (χ1v) is 8.81. The van der Waals surface area contributed by atoms with E-state index in [-0.39, 0.29) is 0 Å². The van der Waals surface area contributed by atoms with Gasteiger partial charge in [0.1, 0.15) is 12.4 Å². The summed E-state index contributed by atoms with van der Waals surface area (Å²) < 4.78 is 6.65. The van der Waals surface area contributed by atoms with Gasteiger partial charge in [-0.15, -0.1) is 6.42 Å². The van der Waals surface area contributed by atoms with Crippen molar-refractivity contribution in [3.8, 4) is 18.1 Å². The Bertz CT molecular complexity index is 466. The van der Waals surface area contributed by atoms with Crippen LogP contribution in [0, 0.1) is 12.3 Å². The van der Waals surface area contributed by atoms with Crippen molar-refractivity contribution in [3.63, 3.8) is 0 Å². The van der Waals surface area contributed by atoms with E-state index in [4.69, 9.17) is 11.2 Å². The average Bonchev–Trinajstić information content (AvgIpc) is 2.47. The molecule has 0 bridgehead atoms. The molecule has 2 rings (SSSR count). The topological polar surface area (TPSA) is 21.3 Å². The van der Waals surface area contributed by atoms with Gasteiger partial charge in [-0.05, 0) is 36.8 Å². The van der Waals surface area contributed by atoms with Gasteiger partial charge in [0.2, 0.25) is 0 Å². The van der Waals surface area contributed by atoms with Gasteiger partial charge in [0.15, 0.2) is 0 Å². The number of benzene rings is 1. The number of halogens is 1. The van der Waals surface area contributed by atoms with Crippen molar-refractivity contribution in [2.75, 3.05) is 18.9 Å². The molecule has 20 heavy (non-hydrogen) atoms. The fraction of sp³-hybridized carbons (Fsp3) is 0.500. The van der Waals surface area contributed by atoms with Crippen LogP contribution in [0.2, 0.25) is 0 Å². The summed E-state index contributed by atoms with van der Waals surface area (Å²) in [5.41, 5.74) is 1.15. The minimum atomic E-state index is 0.313. The highest BCUT2D eigenvalue weighted by Crippen LogP contribution is 2.25. The van der Waals surface area contributed by atoms with Crippen LogP contribution in [0.3, 0.4) is 0 Å². The molecular weight excluding hydrogens is 334 g/mol. The Morgan fingerprint density at radius 3 is 3.10 bits per heavy atom. The smallest absolute Gasteiger partial charge is 0.148 e. The van der Waals surface area contributed by atoms with E-state index in [0.29, 0.717) is 6.61 Å². The van der Waals surface area contributed by atoms with Crippen LogP contribution >= 0.6 is 27.7 Å². The Morgan fingerprint density at radius 1 is 1.45 bits per heavy atom. The Balaban J connectivity index is 1.87. The van der Waals surface area contributed by atoms with Crippen LogP contribution in [0.1, 0.15) is 24.8 Å². The van der Waals surface area contributed by atoms with Crippen molar-refractivity contribution in [1.29, 1.82) is 0 Å². The van der Waals surface area contributed by atoms with Crippen molar-refractivity contribution in [2.45, 2.75) is 31.1 Å². The van der Waals surface area contributed by atoms with Gasteiger partial charge in [-0.3, -0.25) is 0 Å². The second-order valence-corrected chi connectivity index (χ2v) is 7.19. The molecule has 1 atom stereocenters. The first-order valence-electron chi connectivity index (χ1n) is 6.96. The van der Waals surface area contributed by atoms with Gasteiger partial charge in [0.25, 0.3) is 0 Å². The zero-order valence-corrected chi connectivity index (χ0v) is 13.9. The van der Waals surface area contributed by atoms with E-state index in [1.54, 1.807) is 0 Å². The first-order chi connectivity index (χ1) is 9.79. The van der Waals surface area contributed by atoms with Crippen molar-refractivity contribution < 1.29 is 4.74 Å². The maximum absolute atomic E-state index is 5.58. The van der Waals surface area contributed by atoms with Gasteiger partial charge < -0.3 is 10.1 Å². The molecule has 4 heteroatoms. The largest absolute Gasteiger partial charge is 0.481 e. The Morgan fingerprint density at radius 2 is 2.35 bits per heavy atom. The van der Waals surface area contributed by atoms with Gasteiger partial charge in [0, 0.05) is 28.4 Å². The fourth-order valence-electron chi connectivity index (χ4n) is 2.28. The summed E-state index contributed by atoms with van der Waals surface area (Å²) >= 11 is 5.60. The monoisotopic (exact) mass is 353 g/mol. The standard InChI is InChI=1S/C16H20BrNOS/c1-2-8-19-16-7-6-14(17)10-13(16)11-18-12-15-5-3-4-9-20-15/h1,6-7,10,15,18H,3-5,8-9,11-12H2.